The molecule has 1 fully saturated rings. The van der Waals surface area contributed by atoms with Crippen molar-refractivity contribution in [3.63, 3.8) is 0 Å². The number of morpholine rings is 1. The summed E-state index contributed by atoms with van der Waals surface area (Å²) in [4.78, 5) is 14.5. The summed E-state index contributed by atoms with van der Waals surface area (Å²) in [5, 5.41) is 2.76. The van der Waals surface area contributed by atoms with Gasteiger partial charge in [0.25, 0.3) is 5.91 Å². The minimum absolute atomic E-state index is 0.146. The molecule has 150 valence electrons. The largest absolute Gasteiger partial charge is 0.454 e. The molecule has 0 aliphatic carbocycles. The average Bonchev–Trinajstić information content (AvgIpc) is 3.12. The van der Waals surface area contributed by atoms with Crippen LogP contribution in [0.15, 0.2) is 18.2 Å². The van der Waals surface area contributed by atoms with E-state index in [0.717, 1.165) is 13.1 Å². The maximum absolute atomic E-state index is 12.3. The molecule has 3 rings (SSSR count). The number of rotatable bonds is 8. The molecule has 2 aliphatic rings. The third kappa shape index (κ3) is 5.55. The molecule has 1 aromatic rings. The number of carbonyl (C=O) groups excluding carboxylic acids is 1. The first-order chi connectivity index (χ1) is 12.9. The molecule has 10 heteroatoms. The molecule has 0 radical (unpaired) electrons. The molecule has 0 atom stereocenters. The second kappa shape index (κ2) is 8.87. The summed E-state index contributed by atoms with van der Waals surface area (Å²) in [6, 6.07) is 4.95. The van der Waals surface area contributed by atoms with Gasteiger partial charge in [0, 0.05) is 44.8 Å². The fourth-order valence-corrected chi connectivity index (χ4v) is 3.79. The maximum atomic E-state index is 12.3. The number of nitrogens with one attached hydrogen (secondary N) is 1. The Morgan fingerprint density at radius 1 is 1.19 bits per heavy atom. The molecule has 0 unspecified atom stereocenters. The SMILES string of the molecule is CS(=O)(=O)N(CCNC(=O)c1ccc2c(c1)OCO2)CCN1CCOCC1. The van der Waals surface area contributed by atoms with Gasteiger partial charge in [-0.15, -0.1) is 0 Å². The van der Waals surface area contributed by atoms with E-state index in [9.17, 15) is 13.2 Å². The van der Waals surface area contributed by atoms with Gasteiger partial charge in [0.2, 0.25) is 16.8 Å². The highest BCUT2D eigenvalue weighted by atomic mass is 32.2. The van der Waals surface area contributed by atoms with Gasteiger partial charge in [-0.2, -0.15) is 4.31 Å². The Bertz CT molecular complexity index is 764. The minimum atomic E-state index is -3.35. The second-order valence-corrected chi connectivity index (χ2v) is 8.42. The number of nitrogens with zero attached hydrogens (tertiary/aromatic N) is 2. The van der Waals surface area contributed by atoms with E-state index >= 15 is 0 Å². The summed E-state index contributed by atoms with van der Waals surface area (Å²) >= 11 is 0. The normalized spacial score (nSPS) is 17.3. The van der Waals surface area contributed by atoms with E-state index in [4.69, 9.17) is 14.2 Å². The lowest BCUT2D eigenvalue weighted by Gasteiger charge is -2.29. The lowest BCUT2D eigenvalue weighted by molar-refractivity contribution is 0.0363. The van der Waals surface area contributed by atoms with Crippen LogP contribution in [0.3, 0.4) is 0 Å². The van der Waals surface area contributed by atoms with Crippen LogP contribution >= 0.6 is 0 Å². The molecular formula is C17H25N3O6S. The highest BCUT2D eigenvalue weighted by Gasteiger charge is 2.20. The van der Waals surface area contributed by atoms with Crippen molar-refractivity contribution in [2.24, 2.45) is 0 Å². The first-order valence-electron chi connectivity index (χ1n) is 8.86. The van der Waals surface area contributed by atoms with Crippen molar-refractivity contribution in [1.82, 2.24) is 14.5 Å². The van der Waals surface area contributed by atoms with Crippen molar-refractivity contribution < 1.29 is 27.4 Å². The van der Waals surface area contributed by atoms with Crippen molar-refractivity contribution in [1.29, 1.82) is 0 Å². The summed E-state index contributed by atoms with van der Waals surface area (Å²) in [6.45, 7) is 4.58. The first kappa shape index (κ1) is 19.9. The van der Waals surface area contributed by atoms with Crippen LogP contribution in [0.1, 0.15) is 10.4 Å². The molecule has 0 spiro atoms. The number of hydrogen-bond donors (Lipinski definition) is 1. The summed E-state index contributed by atoms with van der Waals surface area (Å²) in [5.41, 5.74) is 0.443. The summed E-state index contributed by atoms with van der Waals surface area (Å²) in [6.07, 6.45) is 1.19. The monoisotopic (exact) mass is 399 g/mol. The van der Waals surface area contributed by atoms with Gasteiger partial charge in [-0.25, -0.2) is 8.42 Å². The minimum Gasteiger partial charge on any atom is -0.454 e. The lowest BCUT2D eigenvalue weighted by Crippen LogP contribution is -2.44. The van der Waals surface area contributed by atoms with Crippen LogP contribution in [-0.4, -0.2) is 89.1 Å². The summed E-state index contributed by atoms with van der Waals surface area (Å²) < 4.78 is 41.2. The topological polar surface area (TPSA) is 97.4 Å². The van der Waals surface area contributed by atoms with Crippen LogP contribution in [0.2, 0.25) is 0 Å². The molecule has 1 saturated heterocycles. The van der Waals surface area contributed by atoms with Crippen LogP contribution in [0.4, 0.5) is 0 Å². The summed E-state index contributed by atoms with van der Waals surface area (Å²) in [5.74, 6) is 0.860. The number of benzene rings is 1. The van der Waals surface area contributed by atoms with Crippen molar-refractivity contribution in [2.45, 2.75) is 0 Å². The molecule has 2 aliphatic heterocycles. The van der Waals surface area contributed by atoms with Gasteiger partial charge in [0.05, 0.1) is 19.5 Å². The summed E-state index contributed by atoms with van der Waals surface area (Å²) in [7, 11) is -3.35. The van der Waals surface area contributed by atoms with Crippen molar-refractivity contribution in [3.05, 3.63) is 23.8 Å². The van der Waals surface area contributed by atoms with E-state index in [-0.39, 0.29) is 25.8 Å². The van der Waals surface area contributed by atoms with E-state index in [2.05, 4.69) is 10.2 Å². The van der Waals surface area contributed by atoms with E-state index in [1.165, 1.54) is 10.6 Å². The van der Waals surface area contributed by atoms with Gasteiger partial charge < -0.3 is 19.5 Å². The number of fused-ring (bicyclic) bond motifs is 1. The van der Waals surface area contributed by atoms with E-state index in [1.807, 2.05) is 0 Å². The Kier molecular flexibility index (Phi) is 6.53. The van der Waals surface area contributed by atoms with E-state index in [0.29, 0.717) is 43.4 Å². The van der Waals surface area contributed by atoms with E-state index < -0.39 is 10.0 Å². The third-order valence-electron chi connectivity index (χ3n) is 4.52. The number of carbonyl (C=O) groups is 1. The van der Waals surface area contributed by atoms with E-state index in [1.54, 1.807) is 18.2 Å². The molecule has 1 N–H and O–H groups in total. The standard InChI is InChI=1S/C17H25N3O6S/c1-27(22,23)20(7-6-19-8-10-24-11-9-19)5-4-18-17(21)14-2-3-15-16(12-14)26-13-25-15/h2-3,12H,4-11,13H2,1H3,(H,18,21). The van der Waals surface area contributed by atoms with Gasteiger partial charge >= 0.3 is 0 Å². The quantitative estimate of drug-likeness (QED) is 0.643. The highest BCUT2D eigenvalue weighted by Crippen LogP contribution is 2.32. The predicted octanol–water partition coefficient (Wildman–Crippen LogP) is -0.261. The number of ether oxygens (including phenoxy) is 3. The Balaban J connectivity index is 1.48. The Morgan fingerprint density at radius 3 is 2.67 bits per heavy atom. The predicted molar refractivity (Wildman–Crippen MR) is 98.6 cm³/mol. The van der Waals surface area contributed by atoms with Crippen LogP contribution < -0.4 is 14.8 Å². The Hall–Kier alpha value is -1.88. The molecule has 1 amide bonds. The highest BCUT2D eigenvalue weighted by molar-refractivity contribution is 7.88. The smallest absolute Gasteiger partial charge is 0.251 e. The molecule has 9 nitrogen and oxygen atoms in total. The number of sulfonamides is 1. The van der Waals surface area contributed by atoms with Crippen molar-refractivity contribution in [3.8, 4) is 11.5 Å². The number of amides is 1. The van der Waals surface area contributed by atoms with Gasteiger partial charge in [-0.3, -0.25) is 9.69 Å². The van der Waals surface area contributed by atoms with Crippen molar-refractivity contribution in [2.75, 3.05) is 65.5 Å². The average molecular weight is 399 g/mol. The Labute approximate surface area is 159 Å². The maximum Gasteiger partial charge on any atom is 0.251 e. The fraction of sp³-hybridized carbons (Fsp3) is 0.588. The van der Waals surface area contributed by atoms with Crippen molar-refractivity contribution >= 4 is 15.9 Å². The second-order valence-electron chi connectivity index (χ2n) is 6.44. The fourth-order valence-electron chi connectivity index (χ4n) is 2.96. The van der Waals surface area contributed by atoms with Gasteiger partial charge in [0.1, 0.15) is 0 Å². The van der Waals surface area contributed by atoms with Crippen LogP contribution in [0.25, 0.3) is 0 Å². The van der Waals surface area contributed by atoms with Gasteiger partial charge in [0.15, 0.2) is 11.5 Å². The molecular weight excluding hydrogens is 374 g/mol. The molecule has 0 saturated carbocycles. The van der Waals surface area contributed by atoms with Gasteiger partial charge in [-0.1, -0.05) is 0 Å². The molecule has 2 heterocycles. The zero-order valence-electron chi connectivity index (χ0n) is 15.3. The molecule has 27 heavy (non-hydrogen) atoms. The zero-order valence-corrected chi connectivity index (χ0v) is 16.2. The zero-order chi connectivity index (χ0) is 19.3. The molecule has 0 aromatic heterocycles. The van der Waals surface area contributed by atoms with Crippen LogP contribution in [-0.2, 0) is 14.8 Å². The third-order valence-corrected chi connectivity index (χ3v) is 5.82. The molecule has 1 aromatic carbocycles. The van der Waals surface area contributed by atoms with Crippen LogP contribution in [0.5, 0.6) is 11.5 Å². The van der Waals surface area contributed by atoms with Crippen LogP contribution in [0, 0.1) is 0 Å². The number of hydrogen-bond acceptors (Lipinski definition) is 7. The lowest BCUT2D eigenvalue weighted by atomic mass is 10.2. The van der Waals surface area contributed by atoms with Gasteiger partial charge in [-0.05, 0) is 18.2 Å². The Morgan fingerprint density at radius 2 is 1.93 bits per heavy atom. The molecule has 0 bridgehead atoms. The first-order valence-corrected chi connectivity index (χ1v) is 10.7.